The molecule has 0 N–H and O–H groups in total. The third kappa shape index (κ3) is 5.29. The molecule has 0 heterocycles. The number of aryl methyl sites for hydroxylation is 1. The number of ether oxygens (including phenoxy) is 1. The average molecular weight is 400 g/mol. The molecule has 1 saturated carbocycles. The highest BCUT2D eigenvalue weighted by atomic mass is 16.5. The number of anilines is 3. The fourth-order valence-electron chi connectivity index (χ4n) is 4.09. The third-order valence-corrected chi connectivity index (χ3v) is 5.69. The Balaban J connectivity index is 1.42. The van der Waals surface area contributed by atoms with E-state index in [2.05, 4.69) is 77.7 Å². The van der Waals surface area contributed by atoms with Crippen LogP contribution in [0.25, 0.3) is 0 Å². The zero-order chi connectivity index (χ0) is 20.6. The highest BCUT2D eigenvalue weighted by Gasteiger charge is 2.17. The van der Waals surface area contributed by atoms with Crippen LogP contribution < -0.4 is 4.90 Å². The van der Waals surface area contributed by atoms with E-state index >= 15 is 0 Å². The first-order valence-electron chi connectivity index (χ1n) is 11.0. The summed E-state index contributed by atoms with van der Waals surface area (Å²) in [7, 11) is 0. The van der Waals surface area contributed by atoms with Crippen LogP contribution in [0.15, 0.2) is 84.9 Å². The number of carbonyl (C=O) groups excluding carboxylic acids is 1. The molecule has 0 unspecified atom stereocenters. The van der Waals surface area contributed by atoms with Crippen molar-refractivity contribution >= 4 is 23.0 Å². The smallest absolute Gasteiger partial charge is 0.306 e. The van der Waals surface area contributed by atoms with Gasteiger partial charge < -0.3 is 9.64 Å². The first kappa shape index (κ1) is 20.2. The lowest BCUT2D eigenvalue weighted by Crippen LogP contribution is -2.21. The lowest BCUT2D eigenvalue weighted by Gasteiger charge is -2.25. The maximum atomic E-state index is 12.2. The summed E-state index contributed by atoms with van der Waals surface area (Å²) in [6.45, 7) is 0. The van der Waals surface area contributed by atoms with Gasteiger partial charge in [0.25, 0.3) is 0 Å². The molecule has 1 aliphatic rings. The summed E-state index contributed by atoms with van der Waals surface area (Å²) in [6, 6.07) is 29.2. The summed E-state index contributed by atoms with van der Waals surface area (Å²) >= 11 is 0. The van der Waals surface area contributed by atoms with E-state index in [4.69, 9.17) is 4.74 Å². The molecule has 0 amide bonds. The van der Waals surface area contributed by atoms with Gasteiger partial charge in [-0.1, -0.05) is 55.0 Å². The number of esters is 1. The Morgan fingerprint density at radius 3 is 1.83 bits per heavy atom. The Morgan fingerprint density at radius 1 is 0.733 bits per heavy atom. The zero-order valence-corrected chi connectivity index (χ0v) is 17.4. The second-order valence-electron chi connectivity index (χ2n) is 7.92. The number of nitrogens with zero attached hydrogens (tertiary/aromatic N) is 1. The van der Waals surface area contributed by atoms with Gasteiger partial charge in [0.15, 0.2) is 0 Å². The van der Waals surface area contributed by atoms with Gasteiger partial charge in [0.05, 0.1) is 0 Å². The fourth-order valence-corrected chi connectivity index (χ4v) is 4.09. The van der Waals surface area contributed by atoms with Crippen molar-refractivity contribution in [2.75, 3.05) is 4.90 Å². The molecule has 0 aromatic heterocycles. The summed E-state index contributed by atoms with van der Waals surface area (Å²) in [4.78, 5) is 14.4. The number of benzene rings is 3. The number of hydrogen-bond donors (Lipinski definition) is 0. The lowest BCUT2D eigenvalue weighted by molar-refractivity contribution is -0.150. The molecular weight excluding hydrogens is 370 g/mol. The number of hydrogen-bond acceptors (Lipinski definition) is 3. The first-order valence-corrected chi connectivity index (χ1v) is 11.0. The van der Waals surface area contributed by atoms with Crippen LogP contribution in [0.3, 0.4) is 0 Å². The van der Waals surface area contributed by atoms with E-state index < -0.39 is 0 Å². The van der Waals surface area contributed by atoms with Crippen molar-refractivity contribution in [2.24, 2.45) is 0 Å². The molecule has 4 rings (SSSR count). The summed E-state index contributed by atoms with van der Waals surface area (Å²) < 4.78 is 5.64. The van der Waals surface area contributed by atoms with E-state index in [1.807, 2.05) is 12.1 Å². The molecule has 0 atom stereocenters. The van der Waals surface area contributed by atoms with Gasteiger partial charge in [-0.05, 0) is 74.1 Å². The van der Waals surface area contributed by atoms with Gasteiger partial charge in [-0.25, -0.2) is 0 Å². The zero-order valence-electron chi connectivity index (χ0n) is 17.4. The van der Waals surface area contributed by atoms with Crippen molar-refractivity contribution in [1.82, 2.24) is 0 Å². The Bertz CT molecular complexity index is 877. The molecule has 3 aromatic carbocycles. The maximum absolute atomic E-state index is 12.2. The molecule has 0 spiro atoms. The van der Waals surface area contributed by atoms with Gasteiger partial charge in [0.1, 0.15) is 6.10 Å². The minimum Gasteiger partial charge on any atom is -0.462 e. The van der Waals surface area contributed by atoms with Gasteiger partial charge >= 0.3 is 5.97 Å². The summed E-state index contributed by atoms with van der Waals surface area (Å²) in [5, 5.41) is 0. The second-order valence-corrected chi connectivity index (χ2v) is 7.92. The van der Waals surface area contributed by atoms with Crippen LogP contribution in [0.5, 0.6) is 0 Å². The molecule has 0 bridgehead atoms. The van der Waals surface area contributed by atoms with Crippen LogP contribution in [0.2, 0.25) is 0 Å². The molecule has 30 heavy (non-hydrogen) atoms. The third-order valence-electron chi connectivity index (χ3n) is 5.69. The van der Waals surface area contributed by atoms with Crippen molar-refractivity contribution in [3.05, 3.63) is 90.5 Å². The van der Waals surface area contributed by atoms with Crippen LogP contribution in [0, 0.1) is 0 Å². The molecule has 1 aliphatic carbocycles. The van der Waals surface area contributed by atoms with Crippen molar-refractivity contribution < 1.29 is 9.53 Å². The van der Waals surface area contributed by atoms with E-state index in [9.17, 15) is 4.79 Å². The van der Waals surface area contributed by atoms with Crippen LogP contribution in [-0.2, 0) is 16.0 Å². The number of para-hydroxylation sites is 2. The topological polar surface area (TPSA) is 29.5 Å². The molecule has 0 radical (unpaired) electrons. The SMILES string of the molecule is O=C(CCc1ccc(N(c2ccccc2)c2ccccc2)cc1)OC1CCCCC1. The number of rotatable bonds is 7. The van der Waals surface area contributed by atoms with E-state index in [1.54, 1.807) is 0 Å². The van der Waals surface area contributed by atoms with Crippen LogP contribution in [0.1, 0.15) is 44.1 Å². The predicted octanol–water partition coefficient (Wildman–Crippen LogP) is 6.96. The largest absolute Gasteiger partial charge is 0.462 e. The Labute approximate surface area is 179 Å². The van der Waals surface area contributed by atoms with Crippen molar-refractivity contribution in [3.8, 4) is 0 Å². The van der Waals surface area contributed by atoms with E-state index in [0.717, 1.165) is 35.5 Å². The van der Waals surface area contributed by atoms with Gasteiger partial charge in [0, 0.05) is 23.5 Å². The van der Waals surface area contributed by atoms with E-state index in [-0.39, 0.29) is 12.1 Å². The molecule has 0 aliphatic heterocycles. The molecule has 1 fully saturated rings. The Hall–Kier alpha value is -3.07. The highest BCUT2D eigenvalue weighted by Crippen LogP contribution is 2.34. The summed E-state index contributed by atoms with van der Waals surface area (Å²) in [5.41, 5.74) is 4.49. The monoisotopic (exact) mass is 399 g/mol. The second kappa shape index (κ2) is 10.1. The van der Waals surface area contributed by atoms with E-state index in [0.29, 0.717) is 12.8 Å². The van der Waals surface area contributed by atoms with E-state index in [1.165, 1.54) is 19.3 Å². The highest BCUT2D eigenvalue weighted by molar-refractivity contribution is 5.76. The van der Waals surface area contributed by atoms with Gasteiger partial charge in [-0.2, -0.15) is 0 Å². The van der Waals surface area contributed by atoms with Crippen LogP contribution in [-0.4, -0.2) is 12.1 Å². The van der Waals surface area contributed by atoms with Crippen molar-refractivity contribution in [3.63, 3.8) is 0 Å². The quantitative estimate of drug-likeness (QED) is 0.402. The normalized spacial score (nSPS) is 14.3. The summed E-state index contributed by atoms with van der Waals surface area (Å²) in [6.07, 6.45) is 6.96. The molecule has 3 heteroatoms. The van der Waals surface area contributed by atoms with Gasteiger partial charge in [-0.15, -0.1) is 0 Å². The minimum atomic E-state index is -0.0684. The average Bonchev–Trinajstić information content (AvgIpc) is 2.81. The van der Waals surface area contributed by atoms with Gasteiger partial charge in [0.2, 0.25) is 0 Å². The predicted molar refractivity (Wildman–Crippen MR) is 122 cm³/mol. The summed E-state index contributed by atoms with van der Waals surface area (Å²) in [5.74, 6) is -0.0684. The van der Waals surface area contributed by atoms with Crippen LogP contribution in [0.4, 0.5) is 17.1 Å². The lowest BCUT2D eigenvalue weighted by atomic mass is 9.98. The minimum absolute atomic E-state index is 0.0684. The molecular formula is C27H29NO2. The Kier molecular flexibility index (Phi) is 6.81. The molecule has 0 saturated heterocycles. The standard InChI is InChI=1S/C27H29NO2/c29-27(30-26-14-8-3-9-15-26)21-18-22-16-19-25(20-17-22)28(23-10-4-1-5-11-23)24-12-6-2-7-13-24/h1-2,4-7,10-13,16-17,19-20,26H,3,8-9,14-15,18,21H2. The van der Waals surface area contributed by atoms with Crippen molar-refractivity contribution in [2.45, 2.75) is 51.0 Å². The van der Waals surface area contributed by atoms with Crippen molar-refractivity contribution in [1.29, 1.82) is 0 Å². The molecule has 3 nitrogen and oxygen atoms in total. The fraction of sp³-hybridized carbons (Fsp3) is 0.296. The van der Waals surface area contributed by atoms with Crippen LogP contribution >= 0.6 is 0 Å². The number of carbonyl (C=O) groups is 1. The van der Waals surface area contributed by atoms with Gasteiger partial charge in [-0.3, -0.25) is 4.79 Å². The molecule has 3 aromatic rings. The molecule has 154 valence electrons. The maximum Gasteiger partial charge on any atom is 0.306 e. The first-order chi connectivity index (χ1) is 14.8. The Morgan fingerprint density at radius 2 is 1.27 bits per heavy atom.